The monoisotopic (exact) mass is 285 g/mol. The minimum atomic E-state index is -1.36. The average molecular weight is 286 g/mol. The van der Waals surface area contributed by atoms with E-state index in [1.807, 2.05) is 18.2 Å². The number of hydrogen-bond acceptors (Lipinski definition) is 1. The lowest BCUT2D eigenvalue weighted by Gasteiger charge is -2.05. The third-order valence-electron chi connectivity index (χ3n) is 2.21. The third kappa shape index (κ3) is 6.33. The second kappa shape index (κ2) is 5.69. The molecular formula is C16H23NSi2. The van der Waals surface area contributed by atoms with E-state index >= 15 is 0 Å². The number of hydrogen-bond donors (Lipinski definition) is 1. The molecule has 0 fully saturated rings. The molecule has 0 aromatic heterocycles. The Morgan fingerprint density at radius 1 is 0.842 bits per heavy atom. The van der Waals surface area contributed by atoms with Crippen LogP contribution in [-0.4, -0.2) is 16.1 Å². The molecule has 0 aliphatic carbocycles. The van der Waals surface area contributed by atoms with Gasteiger partial charge in [-0.05, 0) is 18.2 Å². The number of anilines is 1. The molecule has 0 bridgehead atoms. The summed E-state index contributed by atoms with van der Waals surface area (Å²) in [7, 11) is -2.69. The summed E-state index contributed by atoms with van der Waals surface area (Å²) in [6.07, 6.45) is 0. The molecular weight excluding hydrogens is 262 g/mol. The summed E-state index contributed by atoms with van der Waals surface area (Å²) < 4.78 is 0. The van der Waals surface area contributed by atoms with E-state index in [9.17, 15) is 0 Å². The molecule has 0 unspecified atom stereocenters. The van der Waals surface area contributed by atoms with Gasteiger partial charge < -0.3 is 5.73 Å². The molecule has 0 aliphatic heterocycles. The molecule has 1 aromatic carbocycles. The molecule has 1 nitrogen and oxygen atoms in total. The van der Waals surface area contributed by atoms with Crippen LogP contribution in [0.25, 0.3) is 0 Å². The molecule has 100 valence electrons. The standard InChI is InChI=1S/C16H23NSi2/c1-18(2,3)11-9-14-7-8-15(16(17)13-14)10-12-19(4,5)6/h7-8,13H,17H2,1-6H3. The van der Waals surface area contributed by atoms with Crippen molar-refractivity contribution in [1.29, 1.82) is 0 Å². The van der Waals surface area contributed by atoms with Crippen LogP contribution in [0.3, 0.4) is 0 Å². The predicted octanol–water partition coefficient (Wildman–Crippen LogP) is 3.73. The lowest BCUT2D eigenvalue weighted by molar-refractivity contribution is 1.59. The van der Waals surface area contributed by atoms with Crippen LogP contribution in [0.2, 0.25) is 39.3 Å². The number of rotatable bonds is 0. The lowest BCUT2D eigenvalue weighted by atomic mass is 10.1. The summed E-state index contributed by atoms with van der Waals surface area (Å²) in [4.78, 5) is 0. The van der Waals surface area contributed by atoms with Crippen LogP contribution in [-0.2, 0) is 0 Å². The molecule has 0 spiro atoms. The molecule has 0 heterocycles. The van der Waals surface area contributed by atoms with Gasteiger partial charge in [-0.25, -0.2) is 0 Å². The molecule has 3 heteroatoms. The third-order valence-corrected chi connectivity index (χ3v) is 3.96. The van der Waals surface area contributed by atoms with Crippen LogP contribution < -0.4 is 5.73 Å². The van der Waals surface area contributed by atoms with Crippen molar-refractivity contribution in [3.05, 3.63) is 29.3 Å². The molecule has 0 amide bonds. The fourth-order valence-electron chi connectivity index (χ4n) is 1.27. The van der Waals surface area contributed by atoms with Crippen LogP contribution in [0.4, 0.5) is 5.69 Å². The van der Waals surface area contributed by atoms with Gasteiger partial charge in [0.15, 0.2) is 0 Å². The Morgan fingerprint density at radius 3 is 1.84 bits per heavy atom. The highest BCUT2D eigenvalue weighted by molar-refractivity contribution is 6.84. The zero-order chi connectivity index (χ0) is 14.7. The summed E-state index contributed by atoms with van der Waals surface area (Å²) in [6, 6.07) is 5.93. The van der Waals surface area contributed by atoms with E-state index in [1.54, 1.807) is 0 Å². The molecule has 0 radical (unpaired) electrons. The Hall–Kier alpha value is -1.43. The minimum Gasteiger partial charge on any atom is -0.398 e. The van der Waals surface area contributed by atoms with Gasteiger partial charge in [0.05, 0.1) is 0 Å². The molecule has 19 heavy (non-hydrogen) atoms. The first kappa shape index (κ1) is 15.6. The van der Waals surface area contributed by atoms with Crippen molar-refractivity contribution < 1.29 is 0 Å². The van der Waals surface area contributed by atoms with Crippen molar-refractivity contribution in [3.63, 3.8) is 0 Å². The number of nitrogen functional groups attached to an aromatic ring is 1. The Balaban J connectivity index is 3.04. The first-order valence-electron chi connectivity index (χ1n) is 6.53. The Labute approximate surface area is 119 Å². The summed E-state index contributed by atoms with van der Waals surface area (Å²) in [5.41, 5.74) is 15.4. The van der Waals surface area contributed by atoms with Crippen molar-refractivity contribution >= 4 is 21.8 Å². The summed E-state index contributed by atoms with van der Waals surface area (Å²) in [5, 5.41) is 0. The fourth-order valence-corrected chi connectivity index (χ4v) is 2.30. The highest BCUT2D eigenvalue weighted by atomic mass is 28.3. The van der Waals surface area contributed by atoms with E-state index in [0.717, 1.165) is 16.8 Å². The summed E-state index contributed by atoms with van der Waals surface area (Å²) in [6.45, 7) is 13.4. The summed E-state index contributed by atoms with van der Waals surface area (Å²) >= 11 is 0. The van der Waals surface area contributed by atoms with Gasteiger partial charge in [0, 0.05) is 16.8 Å². The first-order valence-corrected chi connectivity index (χ1v) is 13.5. The van der Waals surface area contributed by atoms with Gasteiger partial charge in [-0.1, -0.05) is 51.1 Å². The van der Waals surface area contributed by atoms with Gasteiger partial charge in [-0.15, -0.1) is 11.1 Å². The topological polar surface area (TPSA) is 26.0 Å². The molecule has 1 rings (SSSR count). The summed E-state index contributed by atoms with van der Waals surface area (Å²) in [5.74, 6) is 6.42. The van der Waals surface area contributed by atoms with Crippen LogP contribution in [0.15, 0.2) is 18.2 Å². The van der Waals surface area contributed by atoms with Gasteiger partial charge in [0.1, 0.15) is 16.1 Å². The second-order valence-corrected chi connectivity index (χ2v) is 16.3. The quantitative estimate of drug-likeness (QED) is 0.439. The van der Waals surface area contributed by atoms with Gasteiger partial charge >= 0.3 is 0 Å². The normalized spacial score (nSPS) is 11.1. The maximum Gasteiger partial charge on any atom is 0.129 e. The minimum absolute atomic E-state index is 0.730. The van der Waals surface area contributed by atoms with Crippen molar-refractivity contribution in [2.24, 2.45) is 0 Å². The lowest BCUT2D eigenvalue weighted by Crippen LogP contribution is -2.16. The molecule has 0 aliphatic rings. The van der Waals surface area contributed by atoms with Gasteiger partial charge in [0.25, 0.3) is 0 Å². The maximum absolute atomic E-state index is 6.05. The van der Waals surface area contributed by atoms with E-state index in [0.29, 0.717) is 0 Å². The largest absolute Gasteiger partial charge is 0.398 e. The Bertz CT molecular complexity index is 582. The number of benzene rings is 1. The number of nitrogens with two attached hydrogens (primary N) is 1. The van der Waals surface area contributed by atoms with Crippen LogP contribution >= 0.6 is 0 Å². The van der Waals surface area contributed by atoms with Crippen LogP contribution in [0.1, 0.15) is 11.1 Å². The predicted molar refractivity (Wildman–Crippen MR) is 91.3 cm³/mol. The zero-order valence-corrected chi connectivity index (χ0v) is 14.8. The molecule has 0 saturated carbocycles. The first-order chi connectivity index (χ1) is 8.57. The molecule has 0 atom stereocenters. The molecule has 0 saturated heterocycles. The van der Waals surface area contributed by atoms with Crippen molar-refractivity contribution in [2.75, 3.05) is 5.73 Å². The average Bonchev–Trinajstić information content (AvgIpc) is 2.22. The zero-order valence-electron chi connectivity index (χ0n) is 12.8. The van der Waals surface area contributed by atoms with Crippen LogP contribution in [0, 0.1) is 22.9 Å². The van der Waals surface area contributed by atoms with Gasteiger partial charge in [-0.2, -0.15) is 0 Å². The van der Waals surface area contributed by atoms with E-state index in [1.165, 1.54) is 0 Å². The second-order valence-electron chi connectivity index (χ2n) is 6.80. The highest BCUT2D eigenvalue weighted by Gasteiger charge is 2.09. The van der Waals surface area contributed by atoms with E-state index in [2.05, 4.69) is 62.2 Å². The fraction of sp³-hybridized carbons (Fsp3) is 0.375. The highest BCUT2D eigenvalue weighted by Crippen LogP contribution is 2.13. The smallest absolute Gasteiger partial charge is 0.129 e. The van der Waals surface area contributed by atoms with Crippen molar-refractivity contribution in [3.8, 4) is 22.9 Å². The van der Waals surface area contributed by atoms with Crippen LogP contribution in [0.5, 0.6) is 0 Å². The SMILES string of the molecule is C[Si](C)(C)C#Cc1ccc(C#C[Si](C)(C)C)c(N)c1. The molecule has 1 aromatic rings. The Morgan fingerprint density at radius 2 is 1.37 bits per heavy atom. The van der Waals surface area contributed by atoms with E-state index in [-0.39, 0.29) is 0 Å². The van der Waals surface area contributed by atoms with E-state index in [4.69, 9.17) is 5.73 Å². The molecule has 2 N–H and O–H groups in total. The van der Waals surface area contributed by atoms with E-state index < -0.39 is 16.1 Å². The maximum atomic E-state index is 6.05. The van der Waals surface area contributed by atoms with Crippen molar-refractivity contribution in [1.82, 2.24) is 0 Å². The van der Waals surface area contributed by atoms with Crippen molar-refractivity contribution in [2.45, 2.75) is 39.3 Å². The van der Waals surface area contributed by atoms with Gasteiger partial charge in [0.2, 0.25) is 0 Å². The Kier molecular flexibility index (Phi) is 4.68. The van der Waals surface area contributed by atoms with Gasteiger partial charge in [-0.3, -0.25) is 0 Å².